The maximum Gasteiger partial charge on any atom is 0.123 e. The highest BCUT2D eigenvalue weighted by molar-refractivity contribution is 5.85. The van der Waals surface area contributed by atoms with E-state index in [9.17, 15) is 10.2 Å². The minimum absolute atomic E-state index is 0.0743. The maximum atomic E-state index is 9.94. The second-order valence-corrected chi connectivity index (χ2v) is 3.91. The first-order chi connectivity index (χ1) is 8.02. The van der Waals surface area contributed by atoms with Gasteiger partial charge in [0.25, 0.3) is 0 Å². The second-order valence-electron chi connectivity index (χ2n) is 3.91. The van der Waals surface area contributed by atoms with E-state index in [-0.39, 0.29) is 11.5 Å². The van der Waals surface area contributed by atoms with E-state index >= 15 is 0 Å². The SMILES string of the molecule is C=C/C(O)=C(\C(C)=C/C)c1c(C)cccc1O. The summed E-state index contributed by atoms with van der Waals surface area (Å²) in [6, 6.07) is 5.29. The normalized spacial score (nSPS) is 13.2. The molecule has 0 aliphatic heterocycles. The molecule has 90 valence electrons. The number of phenols is 1. The number of phenolic OH excluding ortho intramolecular Hbond substituents is 1. The van der Waals surface area contributed by atoms with Crippen LogP contribution in [0.3, 0.4) is 0 Å². The zero-order chi connectivity index (χ0) is 13.0. The first-order valence-corrected chi connectivity index (χ1v) is 5.50. The monoisotopic (exact) mass is 230 g/mol. The fraction of sp³-hybridized carbons (Fsp3) is 0.200. The molecular weight excluding hydrogens is 212 g/mol. The third-order valence-electron chi connectivity index (χ3n) is 2.78. The number of aliphatic hydroxyl groups is 1. The Bertz CT molecular complexity index is 473. The van der Waals surface area contributed by atoms with Crippen LogP contribution in [-0.2, 0) is 0 Å². The van der Waals surface area contributed by atoms with Gasteiger partial charge < -0.3 is 10.2 Å². The highest BCUT2D eigenvalue weighted by Crippen LogP contribution is 2.34. The van der Waals surface area contributed by atoms with Crippen molar-refractivity contribution in [3.8, 4) is 5.75 Å². The predicted octanol–water partition coefficient (Wildman–Crippen LogP) is 4.12. The van der Waals surface area contributed by atoms with Gasteiger partial charge in [-0.05, 0) is 44.1 Å². The summed E-state index contributed by atoms with van der Waals surface area (Å²) >= 11 is 0. The summed E-state index contributed by atoms with van der Waals surface area (Å²) in [5.74, 6) is 0.236. The number of aliphatic hydroxyl groups excluding tert-OH is 1. The Balaban J connectivity index is 3.61. The lowest BCUT2D eigenvalue weighted by Gasteiger charge is -2.14. The molecule has 0 aromatic heterocycles. The first-order valence-electron chi connectivity index (χ1n) is 5.50. The smallest absolute Gasteiger partial charge is 0.123 e. The van der Waals surface area contributed by atoms with Gasteiger partial charge in [-0.1, -0.05) is 24.8 Å². The van der Waals surface area contributed by atoms with Crippen LogP contribution in [0.5, 0.6) is 5.75 Å². The van der Waals surface area contributed by atoms with Gasteiger partial charge in [-0.3, -0.25) is 0 Å². The Kier molecular flexibility index (Phi) is 4.16. The van der Waals surface area contributed by atoms with Gasteiger partial charge in [-0.25, -0.2) is 0 Å². The number of allylic oxidation sites excluding steroid dienone is 4. The average molecular weight is 230 g/mol. The molecule has 0 atom stereocenters. The first kappa shape index (κ1) is 13.1. The van der Waals surface area contributed by atoms with E-state index in [0.29, 0.717) is 11.1 Å². The molecule has 0 saturated heterocycles. The molecule has 0 saturated carbocycles. The van der Waals surface area contributed by atoms with E-state index in [1.165, 1.54) is 6.08 Å². The Labute approximate surface area is 102 Å². The number of aromatic hydroxyl groups is 1. The average Bonchev–Trinajstić information content (AvgIpc) is 2.32. The number of rotatable bonds is 3. The quantitative estimate of drug-likeness (QED) is 0.605. The van der Waals surface area contributed by atoms with E-state index < -0.39 is 0 Å². The van der Waals surface area contributed by atoms with Crippen molar-refractivity contribution < 1.29 is 10.2 Å². The van der Waals surface area contributed by atoms with Crippen LogP contribution >= 0.6 is 0 Å². The highest BCUT2D eigenvalue weighted by atomic mass is 16.3. The summed E-state index contributed by atoms with van der Waals surface area (Å²) in [6.07, 6.45) is 3.27. The molecule has 0 spiro atoms. The van der Waals surface area contributed by atoms with Gasteiger partial charge in [-0.2, -0.15) is 0 Å². The summed E-state index contributed by atoms with van der Waals surface area (Å²) in [7, 11) is 0. The van der Waals surface area contributed by atoms with Crippen LogP contribution in [0.15, 0.2) is 48.3 Å². The molecule has 0 amide bonds. The minimum Gasteiger partial charge on any atom is -0.507 e. The van der Waals surface area contributed by atoms with E-state index in [2.05, 4.69) is 6.58 Å². The molecular formula is C15H18O2. The van der Waals surface area contributed by atoms with Gasteiger partial charge in [0.2, 0.25) is 0 Å². The summed E-state index contributed by atoms with van der Waals surface area (Å²) < 4.78 is 0. The van der Waals surface area contributed by atoms with Crippen molar-refractivity contribution in [1.29, 1.82) is 0 Å². The van der Waals surface area contributed by atoms with Gasteiger partial charge in [0.05, 0.1) is 0 Å². The fourth-order valence-corrected chi connectivity index (χ4v) is 1.75. The molecule has 0 bridgehead atoms. The Morgan fingerprint density at radius 2 is 2.00 bits per heavy atom. The summed E-state index contributed by atoms with van der Waals surface area (Å²) in [5, 5.41) is 19.9. The summed E-state index contributed by atoms with van der Waals surface area (Å²) in [6.45, 7) is 9.24. The van der Waals surface area contributed by atoms with Crippen molar-refractivity contribution in [1.82, 2.24) is 0 Å². The largest absolute Gasteiger partial charge is 0.507 e. The van der Waals surface area contributed by atoms with Crippen LogP contribution in [0.2, 0.25) is 0 Å². The van der Waals surface area contributed by atoms with E-state index in [1.54, 1.807) is 12.1 Å². The van der Waals surface area contributed by atoms with Crippen LogP contribution in [0.4, 0.5) is 0 Å². The van der Waals surface area contributed by atoms with Crippen molar-refractivity contribution in [2.45, 2.75) is 20.8 Å². The molecule has 1 aromatic carbocycles. The lowest BCUT2D eigenvalue weighted by molar-refractivity contribution is 0.434. The van der Waals surface area contributed by atoms with Crippen LogP contribution in [-0.4, -0.2) is 10.2 Å². The van der Waals surface area contributed by atoms with Gasteiger partial charge >= 0.3 is 0 Å². The standard InChI is InChI=1S/C15H18O2/c1-5-10(3)14(12(16)6-2)15-11(4)8-7-9-13(15)17/h5-9,16-17H,2H2,1,3-4H3/b10-5-,14-12-. The maximum absolute atomic E-state index is 9.94. The third-order valence-corrected chi connectivity index (χ3v) is 2.78. The fourth-order valence-electron chi connectivity index (χ4n) is 1.75. The topological polar surface area (TPSA) is 40.5 Å². The molecule has 0 fully saturated rings. The Morgan fingerprint density at radius 1 is 1.35 bits per heavy atom. The zero-order valence-electron chi connectivity index (χ0n) is 10.5. The van der Waals surface area contributed by atoms with Crippen molar-refractivity contribution in [2.75, 3.05) is 0 Å². The molecule has 0 aliphatic rings. The summed E-state index contributed by atoms with van der Waals surface area (Å²) in [4.78, 5) is 0. The number of hydrogen-bond donors (Lipinski definition) is 2. The van der Waals surface area contributed by atoms with E-state index in [4.69, 9.17) is 0 Å². The van der Waals surface area contributed by atoms with Crippen LogP contribution in [0, 0.1) is 6.92 Å². The molecule has 1 aromatic rings. The van der Waals surface area contributed by atoms with Crippen LogP contribution in [0.1, 0.15) is 25.0 Å². The third kappa shape index (κ3) is 2.59. The lowest BCUT2D eigenvalue weighted by atomic mass is 9.93. The predicted molar refractivity (Wildman–Crippen MR) is 72.0 cm³/mol. The molecule has 0 heterocycles. The van der Waals surface area contributed by atoms with Crippen LogP contribution < -0.4 is 0 Å². The van der Waals surface area contributed by atoms with Gasteiger partial charge in [0, 0.05) is 11.1 Å². The van der Waals surface area contributed by atoms with Crippen molar-refractivity contribution >= 4 is 5.57 Å². The van der Waals surface area contributed by atoms with E-state index in [1.807, 2.05) is 32.9 Å². The highest BCUT2D eigenvalue weighted by Gasteiger charge is 2.15. The van der Waals surface area contributed by atoms with Crippen LogP contribution in [0.25, 0.3) is 5.57 Å². The van der Waals surface area contributed by atoms with Crippen molar-refractivity contribution in [3.05, 3.63) is 59.4 Å². The Morgan fingerprint density at radius 3 is 2.47 bits per heavy atom. The van der Waals surface area contributed by atoms with E-state index in [0.717, 1.165) is 11.1 Å². The lowest BCUT2D eigenvalue weighted by Crippen LogP contribution is -1.95. The Hall–Kier alpha value is -1.96. The number of aryl methyl sites for hydroxylation is 1. The second kappa shape index (κ2) is 5.39. The van der Waals surface area contributed by atoms with Gasteiger partial charge in [-0.15, -0.1) is 0 Å². The number of benzene rings is 1. The van der Waals surface area contributed by atoms with Crippen molar-refractivity contribution in [2.24, 2.45) is 0 Å². The van der Waals surface area contributed by atoms with Gasteiger partial charge in [0.15, 0.2) is 0 Å². The zero-order valence-corrected chi connectivity index (χ0v) is 10.5. The van der Waals surface area contributed by atoms with Crippen molar-refractivity contribution in [3.63, 3.8) is 0 Å². The molecule has 1 rings (SSSR count). The minimum atomic E-state index is 0.0743. The molecule has 17 heavy (non-hydrogen) atoms. The molecule has 2 nitrogen and oxygen atoms in total. The summed E-state index contributed by atoms with van der Waals surface area (Å²) in [5.41, 5.74) is 3.08. The van der Waals surface area contributed by atoms with Gasteiger partial charge in [0.1, 0.15) is 11.5 Å². The molecule has 0 aliphatic carbocycles. The molecule has 0 unspecified atom stereocenters. The molecule has 2 heteroatoms. The molecule has 2 N–H and O–H groups in total. The number of hydrogen-bond acceptors (Lipinski definition) is 2. The molecule has 0 radical (unpaired) electrons.